The summed E-state index contributed by atoms with van der Waals surface area (Å²) in [5.74, 6) is -0.303. The van der Waals surface area contributed by atoms with Crippen LogP contribution < -0.4 is 9.80 Å². The van der Waals surface area contributed by atoms with Crippen LogP contribution in [0.1, 0.15) is 17.3 Å². The minimum Gasteiger partial charge on any atom is -0.368 e. The van der Waals surface area contributed by atoms with E-state index in [9.17, 15) is 9.18 Å². The predicted molar refractivity (Wildman–Crippen MR) is 87.3 cm³/mol. The number of Topliss-reactive ketones (excluding diaryl/α,β-unsaturated/α-hetero) is 1. The van der Waals surface area contributed by atoms with E-state index in [-0.39, 0.29) is 11.6 Å². The normalized spacial score (nSPS) is 15.0. The minimum absolute atomic E-state index is 0.0378. The average Bonchev–Trinajstić information content (AvgIpc) is 2.56. The van der Waals surface area contributed by atoms with E-state index in [4.69, 9.17) is 0 Å². The molecule has 0 spiro atoms. The first-order valence-electron chi connectivity index (χ1n) is 7.50. The largest absolute Gasteiger partial charge is 0.368 e. The molecule has 0 amide bonds. The summed E-state index contributed by atoms with van der Waals surface area (Å²) in [6.45, 7) is 4.67. The van der Waals surface area contributed by atoms with Gasteiger partial charge in [0.15, 0.2) is 5.78 Å². The van der Waals surface area contributed by atoms with Crippen LogP contribution in [-0.4, -0.2) is 32.0 Å². The minimum atomic E-state index is -0.266. The third kappa shape index (κ3) is 2.96. The van der Waals surface area contributed by atoms with Gasteiger partial charge in [-0.15, -0.1) is 0 Å². The molecule has 0 unspecified atom stereocenters. The van der Waals surface area contributed by atoms with Crippen molar-refractivity contribution in [1.82, 2.24) is 0 Å². The summed E-state index contributed by atoms with van der Waals surface area (Å²) in [4.78, 5) is 15.8. The third-order valence-electron chi connectivity index (χ3n) is 4.09. The molecule has 4 heteroatoms. The number of benzene rings is 2. The molecular formula is C18H19FN2O. The first-order valence-corrected chi connectivity index (χ1v) is 7.50. The van der Waals surface area contributed by atoms with Gasteiger partial charge < -0.3 is 9.80 Å². The molecule has 114 valence electrons. The zero-order valence-corrected chi connectivity index (χ0v) is 12.6. The van der Waals surface area contributed by atoms with Crippen LogP contribution in [0.2, 0.25) is 0 Å². The number of para-hydroxylation sites is 1. The molecule has 1 fully saturated rings. The molecule has 2 aromatic rings. The highest BCUT2D eigenvalue weighted by Gasteiger charge is 2.20. The molecule has 3 rings (SSSR count). The van der Waals surface area contributed by atoms with E-state index >= 15 is 0 Å². The number of anilines is 2. The SMILES string of the molecule is CC(=O)c1ccc(F)c(N2CCN(c3ccccc3)CC2)c1. The van der Waals surface area contributed by atoms with Gasteiger partial charge in [-0.05, 0) is 37.3 Å². The fraction of sp³-hybridized carbons (Fsp3) is 0.278. The van der Waals surface area contributed by atoms with Crippen LogP contribution in [0.4, 0.5) is 15.8 Å². The maximum atomic E-state index is 14.1. The smallest absolute Gasteiger partial charge is 0.159 e. The maximum absolute atomic E-state index is 14.1. The molecule has 22 heavy (non-hydrogen) atoms. The van der Waals surface area contributed by atoms with E-state index in [0.717, 1.165) is 26.2 Å². The molecule has 0 bridgehead atoms. The van der Waals surface area contributed by atoms with Crippen LogP contribution in [0.3, 0.4) is 0 Å². The van der Waals surface area contributed by atoms with Gasteiger partial charge in [-0.1, -0.05) is 18.2 Å². The van der Waals surface area contributed by atoms with E-state index in [1.54, 1.807) is 12.1 Å². The summed E-state index contributed by atoms with van der Waals surface area (Å²) < 4.78 is 14.1. The molecule has 1 aliphatic rings. The van der Waals surface area contributed by atoms with Crippen LogP contribution in [0.25, 0.3) is 0 Å². The lowest BCUT2D eigenvalue weighted by Gasteiger charge is -2.37. The number of piperazine rings is 1. The highest BCUT2D eigenvalue weighted by Crippen LogP contribution is 2.24. The Balaban J connectivity index is 1.74. The van der Waals surface area contributed by atoms with E-state index < -0.39 is 0 Å². The summed E-state index contributed by atoms with van der Waals surface area (Å²) in [6.07, 6.45) is 0. The van der Waals surface area contributed by atoms with E-state index in [0.29, 0.717) is 11.3 Å². The van der Waals surface area contributed by atoms with E-state index in [2.05, 4.69) is 17.0 Å². The third-order valence-corrected chi connectivity index (χ3v) is 4.09. The number of carbonyl (C=O) groups is 1. The Kier molecular flexibility index (Phi) is 4.09. The lowest BCUT2D eigenvalue weighted by atomic mass is 10.1. The second kappa shape index (κ2) is 6.18. The van der Waals surface area contributed by atoms with Crippen LogP contribution in [0.5, 0.6) is 0 Å². The van der Waals surface area contributed by atoms with Gasteiger partial charge in [-0.25, -0.2) is 4.39 Å². The first kappa shape index (κ1) is 14.6. The topological polar surface area (TPSA) is 23.6 Å². The fourth-order valence-corrected chi connectivity index (χ4v) is 2.82. The molecule has 0 atom stereocenters. The van der Waals surface area contributed by atoms with Gasteiger partial charge in [-0.3, -0.25) is 4.79 Å². The van der Waals surface area contributed by atoms with Gasteiger partial charge in [0.1, 0.15) is 5.82 Å². The van der Waals surface area contributed by atoms with Crippen molar-refractivity contribution in [2.45, 2.75) is 6.92 Å². The van der Waals surface area contributed by atoms with Gasteiger partial charge in [0.2, 0.25) is 0 Å². The first-order chi connectivity index (χ1) is 10.6. The molecule has 0 N–H and O–H groups in total. The zero-order valence-electron chi connectivity index (χ0n) is 12.6. The van der Waals surface area contributed by atoms with Crippen LogP contribution in [-0.2, 0) is 0 Å². The lowest BCUT2D eigenvalue weighted by Crippen LogP contribution is -2.46. The number of hydrogen-bond donors (Lipinski definition) is 0. The highest BCUT2D eigenvalue weighted by atomic mass is 19.1. The summed E-state index contributed by atoms with van der Waals surface area (Å²) >= 11 is 0. The fourth-order valence-electron chi connectivity index (χ4n) is 2.82. The molecule has 0 radical (unpaired) electrons. The van der Waals surface area contributed by atoms with Crippen LogP contribution >= 0.6 is 0 Å². The second-order valence-electron chi connectivity index (χ2n) is 5.53. The predicted octanol–water partition coefficient (Wildman–Crippen LogP) is 3.35. The monoisotopic (exact) mass is 298 g/mol. The van der Waals surface area contributed by atoms with Crippen molar-refractivity contribution in [1.29, 1.82) is 0 Å². The Hall–Kier alpha value is -2.36. The van der Waals surface area contributed by atoms with Crippen LogP contribution in [0, 0.1) is 5.82 Å². The van der Waals surface area contributed by atoms with Gasteiger partial charge in [-0.2, -0.15) is 0 Å². The Morgan fingerprint density at radius 3 is 2.23 bits per heavy atom. The molecule has 1 heterocycles. The Morgan fingerprint density at radius 1 is 0.955 bits per heavy atom. The number of hydrogen-bond acceptors (Lipinski definition) is 3. The summed E-state index contributed by atoms with van der Waals surface area (Å²) in [6, 6.07) is 14.8. The van der Waals surface area contributed by atoms with Crippen LogP contribution in [0.15, 0.2) is 48.5 Å². The van der Waals surface area contributed by atoms with Crippen molar-refractivity contribution >= 4 is 17.2 Å². The zero-order chi connectivity index (χ0) is 15.5. The van der Waals surface area contributed by atoms with Crippen molar-refractivity contribution in [2.24, 2.45) is 0 Å². The van der Waals surface area contributed by atoms with Gasteiger partial charge >= 0.3 is 0 Å². The lowest BCUT2D eigenvalue weighted by molar-refractivity contribution is 0.101. The highest BCUT2D eigenvalue weighted by molar-refractivity contribution is 5.95. The summed E-state index contributed by atoms with van der Waals surface area (Å²) in [5, 5.41) is 0. The number of ketones is 1. The Labute approximate surface area is 130 Å². The molecule has 0 aromatic heterocycles. The van der Waals surface area contributed by atoms with Gasteiger partial charge in [0.25, 0.3) is 0 Å². The van der Waals surface area contributed by atoms with Crippen molar-refractivity contribution in [3.05, 3.63) is 59.9 Å². The summed E-state index contributed by atoms with van der Waals surface area (Å²) in [7, 11) is 0. The molecule has 2 aromatic carbocycles. The number of rotatable bonds is 3. The van der Waals surface area contributed by atoms with Gasteiger partial charge in [0, 0.05) is 37.4 Å². The quantitative estimate of drug-likeness (QED) is 0.812. The van der Waals surface area contributed by atoms with Crippen molar-refractivity contribution in [3.8, 4) is 0 Å². The number of nitrogens with zero attached hydrogens (tertiary/aromatic N) is 2. The Morgan fingerprint density at radius 2 is 1.59 bits per heavy atom. The average molecular weight is 298 g/mol. The molecule has 0 aliphatic carbocycles. The van der Waals surface area contributed by atoms with Crippen molar-refractivity contribution in [2.75, 3.05) is 36.0 Å². The Bertz CT molecular complexity index is 664. The molecular weight excluding hydrogens is 279 g/mol. The number of halogens is 1. The molecule has 1 aliphatic heterocycles. The molecule has 3 nitrogen and oxygen atoms in total. The number of carbonyl (C=O) groups excluding carboxylic acids is 1. The summed E-state index contributed by atoms with van der Waals surface area (Å²) in [5.41, 5.74) is 2.28. The van der Waals surface area contributed by atoms with E-state index in [1.807, 2.05) is 23.1 Å². The second-order valence-corrected chi connectivity index (χ2v) is 5.53. The van der Waals surface area contributed by atoms with Crippen molar-refractivity contribution < 1.29 is 9.18 Å². The van der Waals surface area contributed by atoms with Gasteiger partial charge in [0.05, 0.1) is 5.69 Å². The molecule has 0 saturated carbocycles. The van der Waals surface area contributed by atoms with E-state index in [1.165, 1.54) is 18.7 Å². The molecule has 1 saturated heterocycles. The standard InChI is InChI=1S/C18H19FN2O/c1-14(22)15-7-8-17(19)18(13-15)21-11-9-20(10-12-21)16-5-3-2-4-6-16/h2-8,13H,9-12H2,1H3. The maximum Gasteiger partial charge on any atom is 0.159 e. The van der Waals surface area contributed by atoms with Crippen molar-refractivity contribution in [3.63, 3.8) is 0 Å².